The Bertz CT molecular complexity index is 463. The smallest absolute Gasteiger partial charge is 0.233 e. The second-order valence-electron chi connectivity index (χ2n) is 4.77. The van der Waals surface area contributed by atoms with Crippen molar-refractivity contribution in [3.63, 3.8) is 0 Å². The van der Waals surface area contributed by atoms with E-state index in [1.165, 1.54) is 18.2 Å². The van der Waals surface area contributed by atoms with Gasteiger partial charge in [0.25, 0.3) is 0 Å². The van der Waals surface area contributed by atoms with Gasteiger partial charge in [-0.05, 0) is 25.7 Å². The largest absolute Gasteiger partial charge is 0.368 e. The fourth-order valence-corrected chi connectivity index (χ4v) is 3.15. The third kappa shape index (κ3) is 3.72. The molecule has 8 heteroatoms. The van der Waals surface area contributed by atoms with Crippen LogP contribution in [0.3, 0.4) is 0 Å². The Hall–Kier alpha value is -1.57. The number of hydrogen-bond donors (Lipinski definition) is 2. The van der Waals surface area contributed by atoms with Crippen molar-refractivity contribution in [1.29, 1.82) is 0 Å². The second-order valence-corrected chi connectivity index (χ2v) is 5.71. The van der Waals surface area contributed by atoms with Crippen LogP contribution in [0, 0.1) is 0 Å². The van der Waals surface area contributed by atoms with Gasteiger partial charge in [0.2, 0.25) is 17.8 Å². The maximum absolute atomic E-state index is 12.3. The van der Waals surface area contributed by atoms with E-state index in [2.05, 4.69) is 21.9 Å². The molecule has 20 heavy (non-hydrogen) atoms. The zero-order valence-electron chi connectivity index (χ0n) is 11.6. The minimum atomic E-state index is 0.0804. The lowest BCUT2D eigenvalue weighted by molar-refractivity contribution is -0.132. The van der Waals surface area contributed by atoms with Gasteiger partial charge in [0, 0.05) is 12.6 Å². The van der Waals surface area contributed by atoms with Crippen LogP contribution < -0.4 is 11.5 Å². The molecule has 7 nitrogen and oxygen atoms in total. The summed E-state index contributed by atoms with van der Waals surface area (Å²) in [7, 11) is 0. The third-order valence-electron chi connectivity index (χ3n) is 3.39. The maximum Gasteiger partial charge on any atom is 0.233 e. The molecule has 1 aromatic heterocycles. The molecular weight excluding hydrogens is 276 g/mol. The summed E-state index contributed by atoms with van der Waals surface area (Å²) in [5.74, 6) is 0.590. The Morgan fingerprint density at radius 2 is 2.00 bits per heavy atom. The van der Waals surface area contributed by atoms with Gasteiger partial charge in [-0.25, -0.2) is 0 Å². The number of nitrogens with two attached hydrogens (primary N) is 2. The Morgan fingerprint density at radius 3 is 2.65 bits per heavy atom. The first-order valence-electron chi connectivity index (χ1n) is 6.79. The van der Waals surface area contributed by atoms with Crippen LogP contribution in [-0.4, -0.2) is 44.1 Å². The lowest BCUT2D eigenvalue weighted by Gasteiger charge is -2.35. The first-order valence-corrected chi connectivity index (χ1v) is 7.78. The quantitative estimate of drug-likeness (QED) is 0.795. The fourth-order valence-electron chi connectivity index (χ4n) is 2.42. The van der Waals surface area contributed by atoms with E-state index >= 15 is 0 Å². The molecule has 0 aromatic carbocycles. The topological polar surface area (TPSA) is 111 Å². The molecule has 0 spiro atoms. The van der Waals surface area contributed by atoms with Crippen LogP contribution in [0.15, 0.2) is 5.16 Å². The number of anilines is 2. The van der Waals surface area contributed by atoms with Gasteiger partial charge in [0.15, 0.2) is 5.16 Å². The third-order valence-corrected chi connectivity index (χ3v) is 4.23. The van der Waals surface area contributed by atoms with Crippen molar-refractivity contribution < 1.29 is 4.79 Å². The van der Waals surface area contributed by atoms with E-state index in [-0.39, 0.29) is 17.8 Å². The minimum absolute atomic E-state index is 0.0804. The van der Waals surface area contributed by atoms with E-state index in [1.807, 2.05) is 4.90 Å². The predicted molar refractivity (Wildman–Crippen MR) is 79.0 cm³/mol. The minimum Gasteiger partial charge on any atom is -0.368 e. The number of piperidine rings is 1. The molecule has 4 N–H and O–H groups in total. The number of rotatable bonds is 4. The average Bonchev–Trinajstić information content (AvgIpc) is 2.43. The van der Waals surface area contributed by atoms with Crippen LogP contribution in [0.1, 0.15) is 32.6 Å². The number of nitrogen functional groups attached to an aromatic ring is 2. The lowest BCUT2D eigenvalue weighted by Crippen LogP contribution is -2.44. The Balaban J connectivity index is 1.94. The van der Waals surface area contributed by atoms with Gasteiger partial charge in [-0.3, -0.25) is 4.79 Å². The zero-order chi connectivity index (χ0) is 14.5. The predicted octanol–water partition coefficient (Wildman–Crippen LogP) is 0.919. The molecule has 0 saturated carbocycles. The molecule has 110 valence electrons. The molecular formula is C12H20N6OS. The Labute approximate surface area is 122 Å². The van der Waals surface area contributed by atoms with Crippen molar-refractivity contribution >= 4 is 29.6 Å². The fraction of sp³-hybridized carbons (Fsp3) is 0.667. The van der Waals surface area contributed by atoms with Gasteiger partial charge in [-0.2, -0.15) is 15.0 Å². The Morgan fingerprint density at radius 1 is 1.30 bits per heavy atom. The highest BCUT2D eigenvalue weighted by molar-refractivity contribution is 7.99. The molecule has 1 atom stereocenters. The summed E-state index contributed by atoms with van der Waals surface area (Å²) >= 11 is 1.25. The normalized spacial score (nSPS) is 19.1. The van der Waals surface area contributed by atoms with Crippen LogP contribution in [-0.2, 0) is 4.79 Å². The molecule has 2 heterocycles. The van der Waals surface area contributed by atoms with Gasteiger partial charge < -0.3 is 16.4 Å². The van der Waals surface area contributed by atoms with Gasteiger partial charge in [-0.15, -0.1) is 0 Å². The summed E-state index contributed by atoms with van der Waals surface area (Å²) in [6.45, 7) is 2.97. The van der Waals surface area contributed by atoms with Gasteiger partial charge in [0.05, 0.1) is 5.75 Å². The molecule has 0 aliphatic carbocycles. The second kappa shape index (κ2) is 6.74. The zero-order valence-corrected chi connectivity index (χ0v) is 12.4. The van der Waals surface area contributed by atoms with Crippen molar-refractivity contribution in [2.45, 2.75) is 43.8 Å². The highest BCUT2D eigenvalue weighted by atomic mass is 32.2. The summed E-state index contributed by atoms with van der Waals surface area (Å²) in [6, 6.07) is 0.366. The van der Waals surface area contributed by atoms with Gasteiger partial charge in [-0.1, -0.05) is 18.7 Å². The molecule has 1 aliphatic rings. The summed E-state index contributed by atoms with van der Waals surface area (Å²) < 4.78 is 0. The average molecular weight is 296 g/mol. The first-order chi connectivity index (χ1) is 9.60. The number of amides is 1. The molecule has 1 fully saturated rings. The number of carbonyl (C=O) groups excluding carboxylic acids is 1. The molecule has 1 saturated heterocycles. The maximum atomic E-state index is 12.3. The van der Waals surface area contributed by atoms with Crippen LogP contribution in [0.5, 0.6) is 0 Å². The standard InChI is InChI=1S/C12H20N6OS/c1-2-8-5-3-4-6-18(8)9(19)7-20-12-16-10(13)15-11(14)17-12/h8H,2-7H2,1H3,(H4,13,14,15,16,17). The van der Waals surface area contributed by atoms with Gasteiger partial charge in [0.1, 0.15) is 0 Å². The van der Waals surface area contributed by atoms with Crippen LogP contribution in [0.2, 0.25) is 0 Å². The molecule has 1 unspecified atom stereocenters. The molecule has 0 bridgehead atoms. The summed E-state index contributed by atoms with van der Waals surface area (Å²) in [4.78, 5) is 25.9. The van der Waals surface area contributed by atoms with E-state index in [0.717, 1.165) is 25.8 Å². The summed E-state index contributed by atoms with van der Waals surface area (Å²) in [6.07, 6.45) is 4.38. The number of hydrogen-bond acceptors (Lipinski definition) is 7. The van der Waals surface area contributed by atoms with E-state index in [0.29, 0.717) is 17.0 Å². The first kappa shape index (κ1) is 14.8. The van der Waals surface area contributed by atoms with Crippen LogP contribution in [0.4, 0.5) is 11.9 Å². The van der Waals surface area contributed by atoms with Crippen molar-refractivity contribution in [1.82, 2.24) is 19.9 Å². The SMILES string of the molecule is CCC1CCCCN1C(=O)CSc1nc(N)nc(N)n1. The number of carbonyl (C=O) groups is 1. The Kier molecular flexibility index (Phi) is 4.99. The van der Waals surface area contributed by atoms with Crippen molar-refractivity contribution in [3.8, 4) is 0 Å². The molecule has 0 radical (unpaired) electrons. The number of nitrogens with zero attached hydrogens (tertiary/aromatic N) is 4. The van der Waals surface area contributed by atoms with Crippen molar-refractivity contribution in [2.24, 2.45) is 0 Å². The van der Waals surface area contributed by atoms with E-state index in [9.17, 15) is 4.79 Å². The number of aromatic nitrogens is 3. The lowest BCUT2D eigenvalue weighted by atomic mass is 10.0. The molecule has 1 aliphatic heterocycles. The van der Waals surface area contributed by atoms with E-state index in [4.69, 9.17) is 11.5 Å². The van der Waals surface area contributed by atoms with Gasteiger partial charge >= 0.3 is 0 Å². The number of thioether (sulfide) groups is 1. The van der Waals surface area contributed by atoms with Crippen molar-refractivity contribution in [2.75, 3.05) is 23.8 Å². The summed E-state index contributed by atoms with van der Waals surface area (Å²) in [5.41, 5.74) is 11.0. The summed E-state index contributed by atoms with van der Waals surface area (Å²) in [5, 5.41) is 0.397. The van der Waals surface area contributed by atoms with E-state index in [1.54, 1.807) is 0 Å². The highest BCUT2D eigenvalue weighted by Crippen LogP contribution is 2.22. The molecule has 1 aromatic rings. The van der Waals surface area contributed by atoms with Crippen molar-refractivity contribution in [3.05, 3.63) is 0 Å². The molecule has 1 amide bonds. The molecule has 2 rings (SSSR count). The monoisotopic (exact) mass is 296 g/mol. The number of likely N-dealkylation sites (tertiary alicyclic amines) is 1. The van der Waals surface area contributed by atoms with E-state index < -0.39 is 0 Å². The highest BCUT2D eigenvalue weighted by Gasteiger charge is 2.25. The van der Waals surface area contributed by atoms with Crippen LogP contribution >= 0.6 is 11.8 Å². The van der Waals surface area contributed by atoms with Crippen LogP contribution in [0.25, 0.3) is 0 Å².